The number of benzene rings is 2. The number of likely N-dealkylation sites (tertiary alicyclic amines) is 1. The van der Waals surface area contributed by atoms with Crippen LogP contribution in [0.25, 0.3) is 5.76 Å². The average molecular weight is 458 g/mol. The van der Waals surface area contributed by atoms with Gasteiger partial charge < -0.3 is 19.5 Å². The summed E-state index contributed by atoms with van der Waals surface area (Å²) in [5, 5.41) is 11.5. The van der Waals surface area contributed by atoms with Gasteiger partial charge in [0, 0.05) is 18.7 Å². The van der Waals surface area contributed by atoms with Crippen molar-refractivity contribution in [2.75, 3.05) is 19.8 Å². The zero-order valence-corrected chi connectivity index (χ0v) is 19.3. The third-order valence-electron chi connectivity index (χ3n) is 5.15. The molecule has 2 aromatic carbocycles. The standard InChI is InChI=1S/C25H28ClNO5/c1-4-31-20-15-18(11-12-19(20)26)23(28)21-22(17-9-6-5-7-10-17)27(25(30)24(21)29)13-8-14-32-16(2)3/h5-7,9-12,15-16,22,28H,4,8,13-14H2,1-3H3/b23-21-. The molecule has 1 unspecified atom stereocenters. The molecule has 1 heterocycles. The predicted octanol–water partition coefficient (Wildman–Crippen LogP) is 4.98. The molecule has 2 aromatic rings. The summed E-state index contributed by atoms with van der Waals surface area (Å²) in [5.74, 6) is -1.21. The minimum atomic E-state index is -0.714. The van der Waals surface area contributed by atoms with Crippen molar-refractivity contribution in [3.8, 4) is 5.75 Å². The molecule has 1 aliphatic heterocycles. The van der Waals surface area contributed by atoms with Gasteiger partial charge in [-0.3, -0.25) is 9.59 Å². The highest BCUT2D eigenvalue weighted by Gasteiger charge is 2.45. The molecular weight excluding hydrogens is 430 g/mol. The first kappa shape index (κ1) is 23.8. The Morgan fingerprint density at radius 3 is 2.53 bits per heavy atom. The summed E-state index contributed by atoms with van der Waals surface area (Å²) in [4.78, 5) is 27.5. The van der Waals surface area contributed by atoms with Crippen molar-refractivity contribution in [3.63, 3.8) is 0 Å². The number of rotatable bonds is 9. The molecule has 1 fully saturated rings. The van der Waals surface area contributed by atoms with Crippen LogP contribution in [0.3, 0.4) is 0 Å². The SMILES string of the molecule is CCOc1cc(/C(O)=C2/C(=O)C(=O)N(CCCOC(C)C)C2c2ccccc2)ccc1Cl. The number of hydrogen-bond acceptors (Lipinski definition) is 5. The molecule has 1 amide bonds. The van der Waals surface area contributed by atoms with E-state index < -0.39 is 17.7 Å². The van der Waals surface area contributed by atoms with Crippen molar-refractivity contribution >= 4 is 29.1 Å². The maximum absolute atomic E-state index is 13.0. The molecule has 0 spiro atoms. The van der Waals surface area contributed by atoms with Crippen LogP contribution in [0.1, 0.15) is 44.4 Å². The zero-order valence-electron chi connectivity index (χ0n) is 18.5. The lowest BCUT2D eigenvalue weighted by Gasteiger charge is -2.25. The summed E-state index contributed by atoms with van der Waals surface area (Å²) >= 11 is 6.17. The Morgan fingerprint density at radius 2 is 1.88 bits per heavy atom. The second kappa shape index (κ2) is 10.7. The van der Waals surface area contributed by atoms with Crippen molar-refractivity contribution in [1.29, 1.82) is 0 Å². The molecule has 32 heavy (non-hydrogen) atoms. The van der Waals surface area contributed by atoms with E-state index in [4.69, 9.17) is 21.1 Å². The van der Waals surface area contributed by atoms with E-state index >= 15 is 0 Å². The Labute approximate surface area is 193 Å². The molecule has 7 heteroatoms. The first-order valence-corrected chi connectivity index (χ1v) is 11.1. The highest BCUT2D eigenvalue weighted by Crippen LogP contribution is 2.40. The monoisotopic (exact) mass is 457 g/mol. The fraction of sp³-hybridized carbons (Fsp3) is 0.360. The van der Waals surface area contributed by atoms with Crippen molar-refractivity contribution in [3.05, 3.63) is 70.3 Å². The lowest BCUT2D eigenvalue weighted by atomic mass is 9.95. The Morgan fingerprint density at radius 1 is 1.16 bits per heavy atom. The number of carbonyl (C=O) groups is 2. The van der Waals surface area contributed by atoms with Gasteiger partial charge in [0.2, 0.25) is 0 Å². The number of hydrogen-bond donors (Lipinski definition) is 1. The number of aliphatic hydroxyl groups excluding tert-OH is 1. The number of ketones is 1. The molecule has 170 valence electrons. The van der Waals surface area contributed by atoms with E-state index in [0.717, 1.165) is 5.56 Å². The molecule has 6 nitrogen and oxygen atoms in total. The van der Waals surface area contributed by atoms with Crippen LogP contribution in [0.5, 0.6) is 5.75 Å². The number of nitrogens with zero attached hydrogens (tertiary/aromatic N) is 1. The van der Waals surface area contributed by atoms with Gasteiger partial charge in [-0.1, -0.05) is 41.9 Å². The van der Waals surface area contributed by atoms with E-state index in [-0.39, 0.29) is 17.4 Å². The van der Waals surface area contributed by atoms with Gasteiger partial charge in [0.25, 0.3) is 11.7 Å². The van der Waals surface area contributed by atoms with Crippen LogP contribution in [0.2, 0.25) is 5.02 Å². The quantitative estimate of drug-likeness (QED) is 0.249. The Bertz CT molecular complexity index is 1000. The van der Waals surface area contributed by atoms with Crippen LogP contribution in [0.4, 0.5) is 0 Å². The van der Waals surface area contributed by atoms with Gasteiger partial charge in [0.15, 0.2) is 0 Å². The zero-order chi connectivity index (χ0) is 23.3. The molecule has 1 N–H and O–H groups in total. The summed E-state index contributed by atoms with van der Waals surface area (Å²) in [5.41, 5.74) is 1.16. The van der Waals surface area contributed by atoms with Crippen molar-refractivity contribution in [2.24, 2.45) is 0 Å². The van der Waals surface area contributed by atoms with E-state index in [1.54, 1.807) is 18.2 Å². The maximum Gasteiger partial charge on any atom is 0.295 e. The van der Waals surface area contributed by atoms with Crippen LogP contribution in [-0.2, 0) is 14.3 Å². The Balaban J connectivity index is 2.03. The fourth-order valence-corrected chi connectivity index (χ4v) is 3.89. The summed E-state index contributed by atoms with van der Waals surface area (Å²) in [6.45, 7) is 6.91. The van der Waals surface area contributed by atoms with E-state index in [1.165, 1.54) is 4.90 Å². The number of aliphatic hydroxyl groups is 1. The van der Waals surface area contributed by atoms with Crippen LogP contribution in [0, 0.1) is 0 Å². The summed E-state index contributed by atoms with van der Waals surface area (Å²) in [6, 6.07) is 13.3. The molecule has 3 rings (SSSR count). The fourth-order valence-electron chi connectivity index (χ4n) is 3.72. The molecule has 0 radical (unpaired) electrons. The molecule has 0 saturated carbocycles. The van der Waals surface area contributed by atoms with E-state index in [0.29, 0.717) is 42.5 Å². The lowest BCUT2D eigenvalue weighted by molar-refractivity contribution is -0.140. The highest BCUT2D eigenvalue weighted by molar-refractivity contribution is 6.46. The minimum Gasteiger partial charge on any atom is -0.507 e. The maximum atomic E-state index is 13.0. The molecule has 0 aliphatic carbocycles. The second-order valence-electron chi connectivity index (χ2n) is 7.75. The largest absolute Gasteiger partial charge is 0.507 e. The van der Waals surface area contributed by atoms with Crippen molar-refractivity contribution < 1.29 is 24.2 Å². The van der Waals surface area contributed by atoms with Crippen molar-refractivity contribution in [2.45, 2.75) is 39.3 Å². The second-order valence-corrected chi connectivity index (χ2v) is 8.16. The van der Waals surface area contributed by atoms with Gasteiger partial charge in [-0.25, -0.2) is 0 Å². The molecule has 0 bridgehead atoms. The van der Waals surface area contributed by atoms with E-state index in [9.17, 15) is 14.7 Å². The molecule has 0 aromatic heterocycles. The normalized spacial score (nSPS) is 17.9. The van der Waals surface area contributed by atoms with Crippen LogP contribution in [-0.4, -0.2) is 47.6 Å². The van der Waals surface area contributed by atoms with Gasteiger partial charge in [0.1, 0.15) is 11.5 Å². The van der Waals surface area contributed by atoms with Crippen molar-refractivity contribution in [1.82, 2.24) is 4.90 Å². The summed E-state index contributed by atoms with van der Waals surface area (Å²) in [7, 11) is 0. The summed E-state index contributed by atoms with van der Waals surface area (Å²) in [6.07, 6.45) is 0.657. The number of halogens is 1. The van der Waals surface area contributed by atoms with Gasteiger partial charge >= 0.3 is 0 Å². The Kier molecular flexibility index (Phi) is 7.94. The number of amides is 1. The van der Waals surface area contributed by atoms with Crippen LogP contribution < -0.4 is 4.74 Å². The van der Waals surface area contributed by atoms with E-state index in [1.807, 2.05) is 51.1 Å². The minimum absolute atomic E-state index is 0.0516. The smallest absolute Gasteiger partial charge is 0.295 e. The first-order chi connectivity index (χ1) is 15.3. The highest BCUT2D eigenvalue weighted by atomic mass is 35.5. The molecule has 1 atom stereocenters. The van der Waals surface area contributed by atoms with Gasteiger partial charge in [0.05, 0.1) is 29.3 Å². The van der Waals surface area contributed by atoms with Crippen LogP contribution in [0.15, 0.2) is 54.1 Å². The Hall–Kier alpha value is -2.83. The summed E-state index contributed by atoms with van der Waals surface area (Å²) < 4.78 is 11.1. The van der Waals surface area contributed by atoms with Gasteiger partial charge in [-0.2, -0.15) is 0 Å². The molecule has 1 aliphatic rings. The number of Topliss-reactive ketones (excluding diaryl/α,β-unsaturated/α-hetero) is 1. The molecular formula is C25H28ClNO5. The third-order valence-corrected chi connectivity index (χ3v) is 5.47. The van der Waals surface area contributed by atoms with Gasteiger partial charge in [-0.15, -0.1) is 0 Å². The first-order valence-electron chi connectivity index (χ1n) is 10.7. The lowest BCUT2D eigenvalue weighted by Crippen LogP contribution is -2.31. The third kappa shape index (κ3) is 5.14. The average Bonchev–Trinajstić information content (AvgIpc) is 3.03. The van der Waals surface area contributed by atoms with E-state index in [2.05, 4.69) is 0 Å². The molecule has 1 saturated heterocycles. The van der Waals surface area contributed by atoms with Crippen LogP contribution >= 0.6 is 11.6 Å². The number of carbonyl (C=O) groups excluding carboxylic acids is 2. The van der Waals surface area contributed by atoms with Gasteiger partial charge in [-0.05, 0) is 51.0 Å². The number of ether oxygens (including phenoxy) is 2. The topological polar surface area (TPSA) is 76.1 Å². The predicted molar refractivity (Wildman–Crippen MR) is 124 cm³/mol.